The van der Waals surface area contributed by atoms with Crippen molar-refractivity contribution in [3.05, 3.63) is 119 Å². The Morgan fingerprint density at radius 3 is 1.33 bits per heavy atom. The van der Waals surface area contributed by atoms with Gasteiger partial charge in [-0.1, -0.05) is 60.7 Å². The van der Waals surface area contributed by atoms with Crippen molar-refractivity contribution in [1.29, 1.82) is 0 Å². The van der Waals surface area contributed by atoms with Crippen LogP contribution in [0.25, 0.3) is 22.5 Å². The van der Waals surface area contributed by atoms with Crippen LogP contribution in [0.2, 0.25) is 0 Å². The number of hydrogen-bond acceptors (Lipinski definition) is 9. The number of nitrogens with zero attached hydrogens (tertiary/aromatic N) is 1. The number of benzene rings is 4. The Kier molecular flexibility index (Phi) is 10.9. The summed E-state index contributed by atoms with van der Waals surface area (Å²) in [5.74, 6) is -0.0490. The average Bonchev–Trinajstić information content (AvgIpc) is 3.43. The quantitative estimate of drug-likeness (QED) is 0.0958. The number of hydrogen-bond donors (Lipinski definition) is 1. The molecular weight excluding hydrogens is 614 g/mol. The fourth-order valence-electron chi connectivity index (χ4n) is 5.24. The monoisotopic (exact) mass is 651 g/mol. The molecule has 1 aromatic heterocycles. The minimum Gasteiger partial charge on any atom is -0.493 e. The van der Waals surface area contributed by atoms with Crippen molar-refractivity contribution < 1.29 is 43.2 Å². The maximum absolute atomic E-state index is 13.6. The average molecular weight is 652 g/mol. The molecule has 10 heteroatoms. The second-order valence-corrected chi connectivity index (χ2v) is 10.5. The summed E-state index contributed by atoms with van der Waals surface area (Å²) in [6, 6.07) is 29.2. The predicted octanol–water partition coefficient (Wildman–Crippen LogP) is 7.59. The van der Waals surface area contributed by atoms with Crippen LogP contribution in [-0.2, 0) is 22.7 Å². The summed E-state index contributed by atoms with van der Waals surface area (Å²) in [6.07, 6.45) is 0. The Hall–Kier alpha value is -5.90. The summed E-state index contributed by atoms with van der Waals surface area (Å²) >= 11 is 0. The summed E-state index contributed by atoms with van der Waals surface area (Å²) < 4.78 is 34.9. The first-order valence-electron chi connectivity index (χ1n) is 15.4. The van der Waals surface area contributed by atoms with Crippen LogP contribution in [0, 0.1) is 0 Å². The van der Waals surface area contributed by atoms with E-state index in [0.717, 1.165) is 15.9 Å². The van der Waals surface area contributed by atoms with Crippen molar-refractivity contribution in [1.82, 2.24) is 4.73 Å². The Balaban J connectivity index is 1.63. The Morgan fingerprint density at radius 1 is 0.583 bits per heavy atom. The minimum absolute atomic E-state index is 0.00258. The highest BCUT2D eigenvalue weighted by molar-refractivity contribution is 6.12. The van der Waals surface area contributed by atoms with E-state index in [9.17, 15) is 14.8 Å². The van der Waals surface area contributed by atoms with Gasteiger partial charge in [-0.05, 0) is 61.4 Å². The number of methoxy groups -OCH3 is 2. The van der Waals surface area contributed by atoms with E-state index in [2.05, 4.69) is 0 Å². The van der Waals surface area contributed by atoms with Gasteiger partial charge in [-0.15, -0.1) is 0 Å². The number of ether oxygens (including phenoxy) is 6. The highest BCUT2D eigenvalue weighted by atomic mass is 16.5. The maximum Gasteiger partial charge on any atom is 0.341 e. The summed E-state index contributed by atoms with van der Waals surface area (Å²) in [6.45, 7) is 3.96. The van der Waals surface area contributed by atoms with E-state index in [1.165, 1.54) is 14.2 Å². The second kappa shape index (κ2) is 15.6. The van der Waals surface area contributed by atoms with Gasteiger partial charge in [0.15, 0.2) is 23.0 Å². The van der Waals surface area contributed by atoms with Crippen molar-refractivity contribution in [2.75, 3.05) is 27.4 Å². The van der Waals surface area contributed by atoms with Crippen molar-refractivity contribution >= 4 is 11.9 Å². The van der Waals surface area contributed by atoms with Gasteiger partial charge in [0.2, 0.25) is 0 Å². The van der Waals surface area contributed by atoms with Gasteiger partial charge in [0.1, 0.15) is 35.7 Å². The van der Waals surface area contributed by atoms with Crippen LogP contribution in [0.3, 0.4) is 0 Å². The molecule has 0 saturated carbocycles. The topological polar surface area (TPSA) is 115 Å². The Morgan fingerprint density at radius 2 is 0.979 bits per heavy atom. The molecule has 0 atom stereocenters. The first-order valence-corrected chi connectivity index (χ1v) is 15.4. The van der Waals surface area contributed by atoms with E-state index in [4.69, 9.17) is 28.4 Å². The smallest absolute Gasteiger partial charge is 0.341 e. The lowest BCUT2D eigenvalue weighted by atomic mass is 10.0. The van der Waals surface area contributed by atoms with Gasteiger partial charge < -0.3 is 33.6 Å². The summed E-state index contributed by atoms with van der Waals surface area (Å²) in [4.78, 5) is 27.2. The van der Waals surface area contributed by atoms with E-state index in [-0.39, 0.29) is 35.7 Å². The molecular formula is C38H37NO9. The van der Waals surface area contributed by atoms with Gasteiger partial charge in [0.25, 0.3) is 0 Å². The standard InChI is InChI=1S/C38H37NO9/c1-5-45-37(40)33-34(38(41)46-6-2)36(28-18-20-30(32(22-28)44-4)48-24-26-15-11-8-12-16-26)39(42)35(33)27-17-19-29(31(21-27)43-3)47-23-25-13-9-7-10-14-25/h7-22,42H,5-6,23-24H2,1-4H3. The van der Waals surface area contributed by atoms with Crippen LogP contribution < -0.4 is 18.9 Å². The third-order valence-corrected chi connectivity index (χ3v) is 7.45. The van der Waals surface area contributed by atoms with Gasteiger partial charge in [-0.3, -0.25) is 0 Å². The van der Waals surface area contributed by atoms with Crippen molar-refractivity contribution in [3.8, 4) is 45.5 Å². The molecule has 0 radical (unpaired) electrons. The van der Waals surface area contributed by atoms with Crippen LogP contribution in [0.1, 0.15) is 45.7 Å². The first kappa shape index (κ1) is 33.5. The lowest BCUT2D eigenvalue weighted by molar-refractivity contribution is 0.0481. The van der Waals surface area contributed by atoms with Crippen molar-refractivity contribution in [2.24, 2.45) is 0 Å². The molecule has 0 bridgehead atoms. The molecule has 48 heavy (non-hydrogen) atoms. The van der Waals surface area contributed by atoms with Crippen molar-refractivity contribution in [2.45, 2.75) is 27.1 Å². The zero-order valence-corrected chi connectivity index (χ0v) is 27.2. The largest absolute Gasteiger partial charge is 0.493 e. The molecule has 1 heterocycles. The summed E-state index contributed by atoms with van der Waals surface area (Å²) in [7, 11) is 2.98. The highest BCUT2D eigenvalue weighted by Crippen LogP contribution is 2.42. The number of rotatable bonds is 14. The van der Waals surface area contributed by atoms with Crippen LogP contribution in [0.4, 0.5) is 0 Å². The molecule has 0 saturated heterocycles. The van der Waals surface area contributed by atoms with Crippen molar-refractivity contribution in [3.63, 3.8) is 0 Å². The lowest BCUT2D eigenvalue weighted by Crippen LogP contribution is -2.14. The number of aromatic nitrogens is 1. The van der Waals surface area contributed by atoms with Gasteiger partial charge in [0, 0.05) is 11.1 Å². The molecule has 0 aliphatic heterocycles. The summed E-state index contributed by atoms with van der Waals surface area (Å²) in [5.41, 5.74) is 2.31. The van der Waals surface area contributed by atoms with Gasteiger partial charge in [-0.25, -0.2) is 9.59 Å². The second-order valence-electron chi connectivity index (χ2n) is 10.5. The van der Waals surface area contributed by atoms with Crippen LogP contribution in [-0.4, -0.2) is 49.3 Å². The van der Waals surface area contributed by atoms with E-state index < -0.39 is 11.9 Å². The van der Waals surface area contributed by atoms with Crippen LogP contribution >= 0.6 is 0 Å². The molecule has 5 rings (SSSR count). The molecule has 0 amide bonds. The van der Waals surface area contributed by atoms with Crippen LogP contribution in [0.5, 0.6) is 23.0 Å². The molecule has 4 aromatic carbocycles. The predicted molar refractivity (Wildman–Crippen MR) is 179 cm³/mol. The van der Waals surface area contributed by atoms with Gasteiger partial charge in [0.05, 0.1) is 27.4 Å². The fourth-order valence-corrected chi connectivity index (χ4v) is 5.24. The third-order valence-electron chi connectivity index (χ3n) is 7.45. The summed E-state index contributed by atoms with van der Waals surface area (Å²) in [5, 5.41) is 11.9. The maximum atomic E-state index is 13.6. The van der Waals surface area contributed by atoms with Gasteiger partial charge >= 0.3 is 11.9 Å². The normalized spacial score (nSPS) is 10.7. The number of carbonyl (C=O) groups is 2. The SMILES string of the molecule is CCOC(=O)c1c(C(=O)OCC)c(-c2ccc(OCc3ccccc3)c(OC)c2)n(O)c1-c1ccc(OCc2ccccc2)c(OC)c1. The zero-order chi connectivity index (χ0) is 34.0. The van der Waals surface area contributed by atoms with E-state index >= 15 is 0 Å². The number of carbonyl (C=O) groups excluding carboxylic acids is 2. The fraction of sp³-hybridized carbons (Fsp3) is 0.211. The molecule has 1 N–H and O–H groups in total. The van der Waals surface area contributed by atoms with E-state index in [0.29, 0.717) is 47.3 Å². The Bertz CT molecular complexity index is 1730. The van der Waals surface area contributed by atoms with Gasteiger partial charge in [-0.2, -0.15) is 4.73 Å². The third kappa shape index (κ3) is 7.23. The van der Waals surface area contributed by atoms with E-state index in [1.807, 2.05) is 60.7 Å². The molecule has 5 aromatic rings. The highest BCUT2D eigenvalue weighted by Gasteiger charge is 2.35. The molecule has 0 spiro atoms. The first-order chi connectivity index (χ1) is 23.4. The molecule has 248 valence electrons. The minimum atomic E-state index is -0.817. The number of esters is 2. The lowest BCUT2D eigenvalue weighted by Gasteiger charge is -2.14. The molecule has 0 unspecified atom stereocenters. The molecule has 0 aliphatic rings. The Labute approximate surface area is 278 Å². The van der Waals surface area contributed by atoms with Crippen LogP contribution in [0.15, 0.2) is 97.1 Å². The molecule has 0 fully saturated rings. The molecule has 0 aliphatic carbocycles. The molecule has 10 nitrogen and oxygen atoms in total. The van der Waals surface area contributed by atoms with E-state index in [1.54, 1.807) is 50.2 Å². The zero-order valence-electron chi connectivity index (χ0n) is 27.2.